The summed E-state index contributed by atoms with van der Waals surface area (Å²) in [4.78, 5) is 18.0. The number of carbonyl (C=O) groups excluding carboxylic acids is 1. The highest BCUT2D eigenvalue weighted by molar-refractivity contribution is 5.75. The molecule has 1 spiro atoms. The minimum Gasteiger partial charge on any atom is -0.462 e. The van der Waals surface area contributed by atoms with Gasteiger partial charge in [-0.15, -0.1) is 0 Å². The second-order valence-corrected chi connectivity index (χ2v) is 11.2. The normalized spacial score (nSPS) is 42.8. The average molecular weight is 425 g/mol. The molecule has 1 aromatic carbocycles. The van der Waals surface area contributed by atoms with Gasteiger partial charge in [-0.3, -0.25) is 14.6 Å². The average Bonchev–Trinajstić information content (AvgIpc) is 3.47. The summed E-state index contributed by atoms with van der Waals surface area (Å²) < 4.78 is 12.1. The Kier molecular flexibility index (Phi) is 4.93. The number of esters is 1. The Morgan fingerprint density at radius 1 is 1.06 bits per heavy atom. The molecule has 0 bridgehead atoms. The topological polar surface area (TPSA) is 45.3 Å². The van der Waals surface area contributed by atoms with Crippen LogP contribution < -0.4 is 0 Å². The van der Waals surface area contributed by atoms with Crippen LogP contribution in [0.5, 0.6) is 0 Å². The Morgan fingerprint density at radius 3 is 2.55 bits per heavy atom. The first-order valence-corrected chi connectivity index (χ1v) is 12.4. The molecule has 0 aromatic heterocycles. The monoisotopic (exact) mass is 424 g/mol. The summed E-state index contributed by atoms with van der Waals surface area (Å²) in [5, 5.41) is 0. The summed E-state index contributed by atoms with van der Waals surface area (Å²) in [6, 6.07) is 10.7. The maximum atomic E-state index is 12.9. The molecule has 5 fully saturated rings. The Labute approximate surface area is 186 Å². The molecular formula is C26H36N2O3. The van der Waals surface area contributed by atoms with Gasteiger partial charge in [0.1, 0.15) is 6.10 Å². The van der Waals surface area contributed by atoms with Crippen LogP contribution in [0, 0.1) is 23.2 Å². The zero-order chi connectivity index (χ0) is 21.1. The molecule has 0 unspecified atom stereocenters. The molecule has 2 saturated carbocycles. The summed E-state index contributed by atoms with van der Waals surface area (Å²) >= 11 is 0. The lowest BCUT2D eigenvalue weighted by Crippen LogP contribution is -2.52. The second-order valence-electron chi connectivity index (χ2n) is 11.2. The third-order valence-electron chi connectivity index (χ3n) is 9.25. The first-order chi connectivity index (χ1) is 15.0. The van der Waals surface area contributed by atoms with Crippen LogP contribution in [0.3, 0.4) is 0 Å². The molecule has 0 N–H and O–H groups in total. The fraction of sp³-hybridized carbons (Fsp3) is 0.731. The first kappa shape index (κ1) is 20.2. The van der Waals surface area contributed by atoms with Crippen LogP contribution in [0.1, 0.15) is 44.6 Å². The molecule has 3 heterocycles. The number of benzene rings is 1. The van der Waals surface area contributed by atoms with Crippen molar-refractivity contribution in [3.05, 3.63) is 35.9 Å². The van der Waals surface area contributed by atoms with Crippen molar-refractivity contribution < 1.29 is 14.3 Å². The van der Waals surface area contributed by atoms with E-state index in [9.17, 15) is 4.79 Å². The Morgan fingerprint density at radius 2 is 1.81 bits per heavy atom. The SMILES string of the molecule is C[C@]12CCC[C@]3(CO3)[C@H]1C[C@H]1[C@@H](C2)OC(=O)[C@@H]1CN1CCN(Cc2ccccc2)CC1. The van der Waals surface area contributed by atoms with E-state index in [1.54, 1.807) is 0 Å². The number of hydrogen-bond acceptors (Lipinski definition) is 5. The number of piperazine rings is 1. The zero-order valence-corrected chi connectivity index (χ0v) is 18.8. The van der Waals surface area contributed by atoms with Gasteiger partial charge < -0.3 is 9.47 Å². The van der Waals surface area contributed by atoms with Gasteiger partial charge in [-0.2, -0.15) is 0 Å². The van der Waals surface area contributed by atoms with E-state index < -0.39 is 0 Å². The fourth-order valence-corrected chi connectivity index (χ4v) is 7.42. The molecule has 1 aromatic rings. The predicted octanol–water partition coefficient (Wildman–Crippen LogP) is 3.33. The molecule has 5 aliphatic rings. The maximum Gasteiger partial charge on any atom is 0.310 e. The fourth-order valence-electron chi connectivity index (χ4n) is 7.42. The largest absolute Gasteiger partial charge is 0.462 e. The van der Waals surface area contributed by atoms with E-state index in [0.29, 0.717) is 11.8 Å². The highest BCUT2D eigenvalue weighted by Gasteiger charge is 2.65. The lowest BCUT2D eigenvalue weighted by Gasteiger charge is -2.51. The first-order valence-electron chi connectivity index (χ1n) is 12.4. The van der Waals surface area contributed by atoms with Crippen molar-refractivity contribution in [3.63, 3.8) is 0 Å². The molecule has 2 aliphatic carbocycles. The van der Waals surface area contributed by atoms with E-state index in [0.717, 1.165) is 58.7 Å². The van der Waals surface area contributed by atoms with Crippen LogP contribution in [0.4, 0.5) is 0 Å². The van der Waals surface area contributed by atoms with Crippen molar-refractivity contribution in [1.29, 1.82) is 0 Å². The molecule has 3 saturated heterocycles. The third-order valence-corrected chi connectivity index (χ3v) is 9.25. The molecule has 5 heteroatoms. The maximum absolute atomic E-state index is 12.9. The smallest absolute Gasteiger partial charge is 0.310 e. The van der Waals surface area contributed by atoms with Crippen LogP contribution in [-0.2, 0) is 20.8 Å². The van der Waals surface area contributed by atoms with Gasteiger partial charge in [-0.25, -0.2) is 0 Å². The molecule has 0 radical (unpaired) electrons. The van der Waals surface area contributed by atoms with Crippen molar-refractivity contribution in [2.24, 2.45) is 23.2 Å². The van der Waals surface area contributed by atoms with E-state index in [4.69, 9.17) is 9.47 Å². The van der Waals surface area contributed by atoms with Gasteiger partial charge in [0.05, 0.1) is 18.1 Å². The van der Waals surface area contributed by atoms with E-state index in [-0.39, 0.29) is 29.0 Å². The molecule has 3 aliphatic heterocycles. The van der Waals surface area contributed by atoms with Gasteiger partial charge in [0.15, 0.2) is 0 Å². The molecule has 6 rings (SSSR count). The number of ether oxygens (including phenoxy) is 2. The van der Waals surface area contributed by atoms with Gasteiger partial charge in [0, 0.05) is 45.2 Å². The number of nitrogens with zero attached hydrogens (tertiary/aromatic N) is 2. The third kappa shape index (κ3) is 3.63. The number of carbonyl (C=O) groups is 1. The molecule has 31 heavy (non-hydrogen) atoms. The Hall–Kier alpha value is -1.43. The second kappa shape index (κ2) is 7.57. The van der Waals surface area contributed by atoms with Gasteiger partial charge in [-0.05, 0) is 49.0 Å². The van der Waals surface area contributed by atoms with Gasteiger partial charge in [0.2, 0.25) is 0 Å². The number of fused-ring (bicyclic) bond motifs is 3. The zero-order valence-electron chi connectivity index (χ0n) is 18.8. The van der Waals surface area contributed by atoms with Crippen molar-refractivity contribution in [3.8, 4) is 0 Å². The lowest BCUT2D eigenvalue weighted by molar-refractivity contribution is -0.147. The predicted molar refractivity (Wildman–Crippen MR) is 118 cm³/mol. The minimum atomic E-state index is 0.0490. The van der Waals surface area contributed by atoms with Crippen molar-refractivity contribution >= 4 is 5.97 Å². The highest BCUT2D eigenvalue weighted by atomic mass is 16.6. The molecule has 0 amide bonds. The van der Waals surface area contributed by atoms with Crippen molar-refractivity contribution in [2.75, 3.05) is 39.3 Å². The summed E-state index contributed by atoms with van der Waals surface area (Å²) in [6.45, 7) is 9.50. The van der Waals surface area contributed by atoms with E-state index >= 15 is 0 Å². The van der Waals surface area contributed by atoms with Crippen LogP contribution in [0.2, 0.25) is 0 Å². The van der Waals surface area contributed by atoms with Gasteiger partial charge in [0.25, 0.3) is 0 Å². The summed E-state index contributed by atoms with van der Waals surface area (Å²) in [5.41, 5.74) is 1.80. The number of rotatable bonds is 4. The van der Waals surface area contributed by atoms with Gasteiger partial charge >= 0.3 is 5.97 Å². The summed E-state index contributed by atoms with van der Waals surface area (Å²) in [7, 11) is 0. The Bertz CT molecular complexity index is 817. The van der Waals surface area contributed by atoms with Crippen molar-refractivity contribution in [1.82, 2.24) is 9.80 Å². The van der Waals surface area contributed by atoms with E-state index in [1.165, 1.54) is 24.8 Å². The quantitative estimate of drug-likeness (QED) is 0.548. The highest BCUT2D eigenvalue weighted by Crippen LogP contribution is 2.62. The minimum absolute atomic E-state index is 0.0490. The van der Waals surface area contributed by atoms with E-state index in [1.807, 2.05) is 0 Å². The molecule has 168 valence electrons. The number of epoxide rings is 1. The molecule has 6 atom stereocenters. The molecular weight excluding hydrogens is 388 g/mol. The summed E-state index contributed by atoms with van der Waals surface area (Å²) in [5.74, 6) is 1.10. The van der Waals surface area contributed by atoms with Crippen LogP contribution in [0.25, 0.3) is 0 Å². The summed E-state index contributed by atoms with van der Waals surface area (Å²) in [6.07, 6.45) is 6.03. The van der Waals surface area contributed by atoms with Crippen LogP contribution >= 0.6 is 0 Å². The standard InChI is InChI=1S/C26H36N2O3/c1-25-8-5-9-26(18-30-26)23(25)14-20-21(24(29)31-22(20)15-25)17-28-12-10-27(11-13-28)16-19-6-3-2-4-7-19/h2-4,6-7,20-23H,5,8-18H2,1H3/t20-,21-,22-,23+,25-,26+/m1/s1. The van der Waals surface area contributed by atoms with Crippen molar-refractivity contribution in [2.45, 2.75) is 57.3 Å². The lowest BCUT2D eigenvalue weighted by atomic mass is 9.53. The van der Waals surface area contributed by atoms with Crippen LogP contribution in [-0.4, -0.2) is 66.8 Å². The van der Waals surface area contributed by atoms with Gasteiger partial charge in [-0.1, -0.05) is 37.3 Å². The Balaban J connectivity index is 1.08. The van der Waals surface area contributed by atoms with E-state index in [2.05, 4.69) is 47.1 Å². The molecule has 5 nitrogen and oxygen atoms in total. The number of hydrogen-bond donors (Lipinski definition) is 0. The van der Waals surface area contributed by atoms with Crippen LogP contribution in [0.15, 0.2) is 30.3 Å².